The van der Waals surface area contributed by atoms with Crippen LogP contribution in [0.25, 0.3) is 10.9 Å². The van der Waals surface area contributed by atoms with Gasteiger partial charge in [-0.05, 0) is 36.4 Å². The van der Waals surface area contributed by atoms with E-state index in [2.05, 4.69) is 10.3 Å². The maximum Gasteiger partial charge on any atom is 0.274 e. The molecule has 0 radical (unpaired) electrons. The lowest BCUT2D eigenvalue weighted by Crippen LogP contribution is -2.24. The Morgan fingerprint density at radius 3 is 2.79 bits per heavy atom. The maximum absolute atomic E-state index is 12.2. The lowest BCUT2D eigenvalue weighted by Gasteiger charge is -2.09. The molecule has 0 saturated heterocycles. The van der Waals surface area contributed by atoms with Gasteiger partial charge in [-0.3, -0.25) is 9.59 Å². The van der Waals surface area contributed by atoms with E-state index in [1.165, 1.54) is 17.7 Å². The van der Waals surface area contributed by atoms with E-state index in [-0.39, 0.29) is 23.4 Å². The van der Waals surface area contributed by atoms with Crippen LogP contribution in [0.1, 0.15) is 11.3 Å². The third-order valence-corrected chi connectivity index (χ3v) is 4.01. The number of rotatable bonds is 3. The predicted molar refractivity (Wildman–Crippen MR) is 93.3 cm³/mol. The molecule has 0 fully saturated rings. The summed E-state index contributed by atoms with van der Waals surface area (Å²) >= 11 is 5.97. The number of hydrogen-bond donors (Lipinski definition) is 2. The van der Waals surface area contributed by atoms with Gasteiger partial charge in [0.05, 0.1) is 0 Å². The van der Waals surface area contributed by atoms with Crippen molar-refractivity contribution in [2.75, 3.05) is 5.32 Å². The molecule has 0 bridgehead atoms. The predicted octanol–water partition coefficient (Wildman–Crippen LogP) is 2.36. The highest BCUT2D eigenvalue weighted by Crippen LogP contribution is 2.17. The van der Waals surface area contributed by atoms with Crippen LogP contribution in [0.15, 0.2) is 46.0 Å². The second kappa shape index (κ2) is 6.22. The zero-order valence-corrected chi connectivity index (χ0v) is 13.5. The topological polar surface area (TPSA) is 90.7 Å². The zero-order chi connectivity index (χ0) is 17.3. The molecule has 2 heterocycles. The molecular formula is C17H13ClN4O2. The Labute approximate surface area is 141 Å². The van der Waals surface area contributed by atoms with Gasteiger partial charge in [0, 0.05) is 35.1 Å². The van der Waals surface area contributed by atoms with Gasteiger partial charge in [0.25, 0.3) is 11.1 Å². The van der Waals surface area contributed by atoms with Crippen LogP contribution in [0, 0.1) is 11.3 Å². The fourth-order valence-corrected chi connectivity index (χ4v) is 2.61. The summed E-state index contributed by atoms with van der Waals surface area (Å²) < 4.78 is 1.26. The van der Waals surface area contributed by atoms with E-state index < -0.39 is 0 Å². The summed E-state index contributed by atoms with van der Waals surface area (Å²) in [5, 5.41) is 13.3. The molecule has 2 N–H and O–H groups in total. The molecule has 7 heteroatoms. The van der Waals surface area contributed by atoms with E-state index in [1.54, 1.807) is 30.3 Å². The number of nitriles is 1. The lowest BCUT2D eigenvalue weighted by atomic mass is 10.1. The first-order valence-electron chi connectivity index (χ1n) is 7.15. The minimum absolute atomic E-state index is 0.179. The average Bonchev–Trinajstić information content (AvgIpc) is 2.57. The molecule has 0 unspecified atom stereocenters. The first kappa shape index (κ1) is 15.8. The largest absolute Gasteiger partial charge is 0.376 e. The second-order valence-corrected chi connectivity index (χ2v) is 5.75. The molecule has 24 heavy (non-hydrogen) atoms. The third-order valence-electron chi connectivity index (χ3n) is 3.77. The molecule has 0 spiro atoms. The van der Waals surface area contributed by atoms with Gasteiger partial charge in [0.2, 0.25) is 0 Å². The van der Waals surface area contributed by atoms with Crippen molar-refractivity contribution in [3.63, 3.8) is 0 Å². The van der Waals surface area contributed by atoms with Crippen molar-refractivity contribution in [2.24, 2.45) is 7.05 Å². The molecule has 0 aliphatic heterocycles. The molecule has 0 saturated carbocycles. The molecular weight excluding hydrogens is 328 g/mol. The maximum atomic E-state index is 12.2. The summed E-state index contributed by atoms with van der Waals surface area (Å²) in [5.74, 6) is 0. The normalized spacial score (nSPS) is 10.5. The first-order valence-corrected chi connectivity index (χ1v) is 7.53. The van der Waals surface area contributed by atoms with Gasteiger partial charge < -0.3 is 14.9 Å². The highest BCUT2D eigenvalue weighted by molar-refractivity contribution is 6.31. The number of benzene rings is 1. The average molecular weight is 341 g/mol. The molecule has 0 amide bonds. The number of anilines is 1. The smallest absolute Gasteiger partial charge is 0.274 e. The monoisotopic (exact) mass is 340 g/mol. The second-order valence-electron chi connectivity index (χ2n) is 5.32. The minimum atomic E-state index is -0.325. The van der Waals surface area contributed by atoms with E-state index in [0.717, 1.165) is 5.39 Å². The number of halogens is 1. The summed E-state index contributed by atoms with van der Waals surface area (Å²) in [6, 6.07) is 12.0. The van der Waals surface area contributed by atoms with Gasteiger partial charge >= 0.3 is 0 Å². The molecule has 120 valence electrons. The van der Waals surface area contributed by atoms with Gasteiger partial charge in [-0.15, -0.1) is 0 Å². The molecule has 0 aliphatic carbocycles. The van der Waals surface area contributed by atoms with Crippen molar-refractivity contribution < 1.29 is 0 Å². The standard InChI is InChI=1S/C17H13ClN4O2/c1-22-13(8-19)3-5-15(17(22)24)20-9-11-6-10-7-12(18)2-4-14(10)21-16(11)23/h2-7,20H,9H2,1H3,(H,21,23). The van der Waals surface area contributed by atoms with Crippen LogP contribution in [0.3, 0.4) is 0 Å². The Kier molecular flexibility index (Phi) is 4.11. The van der Waals surface area contributed by atoms with Crippen molar-refractivity contribution in [1.29, 1.82) is 5.26 Å². The summed E-state index contributed by atoms with van der Waals surface area (Å²) in [4.78, 5) is 27.1. The van der Waals surface area contributed by atoms with E-state index in [4.69, 9.17) is 16.9 Å². The van der Waals surface area contributed by atoms with Gasteiger partial charge in [0.15, 0.2) is 0 Å². The molecule has 0 atom stereocenters. The molecule has 2 aromatic heterocycles. The van der Waals surface area contributed by atoms with Crippen LogP contribution in [-0.2, 0) is 13.6 Å². The number of nitrogens with one attached hydrogen (secondary N) is 2. The number of aromatic nitrogens is 2. The Hall–Kier alpha value is -3.04. The number of nitrogens with zero attached hydrogens (tertiary/aromatic N) is 2. The fourth-order valence-electron chi connectivity index (χ4n) is 2.43. The van der Waals surface area contributed by atoms with Crippen molar-refractivity contribution >= 4 is 28.2 Å². The van der Waals surface area contributed by atoms with Gasteiger partial charge in [0.1, 0.15) is 17.5 Å². The number of fused-ring (bicyclic) bond motifs is 1. The molecule has 0 aliphatic rings. The molecule has 3 aromatic rings. The van der Waals surface area contributed by atoms with E-state index >= 15 is 0 Å². The minimum Gasteiger partial charge on any atom is -0.376 e. The SMILES string of the molecule is Cn1c(C#N)ccc(NCc2cc3cc(Cl)ccc3[nH]c2=O)c1=O. The van der Waals surface area contributed by atoms with Gasteiger partial charge in [-0.2, -0.15) is 5.26 Å². The molecule has 1 aromatic carbocycles. The lowest BCUT2D eigenvalue weighted by molar-refractivity contribution is 0.841. The van der Waals surface area contributed by atoms with E-state index in [1.807, 2.05) is 6.07 Å². The van der Waals surface area contributed by atoms with Crippen LogP contribution in [0.5, 0.6) is 0 Å². The fraction of sp³-hybridized carbons (Fsp3) is 0.118. The Morgan fingerprint density at radius 2 is 2.04 bits per heavy atom. The van der Waals surface area contributed by atoms with Crippen LogP contribution in [0.4, 0.5) is 5.69 Å². The van der Waals surface area contributed by atoms with Crippen LogP contribution < -0.4 is 16.4 Å². The summed E-state index contributed by atoms with van der Waals surface area (Å²) in [6.07, 6.45) is 0. The van der Waals surface area contributed by atoms with E-state index in [9.17, 15) is 9.59 Å². The molecule has 3 rings (SSSR count). The van der Waals surface area contributed by atoms with Crippen LogP contribution in [0.2, 0.25) is 5.02 Å². The van der Waals surface area contributed by atoms with Gasteiger partial charge in [-0.1, -0.05) is 11.6 Å². The van der Waals surface area contributed by atoms with Gasteiger partial charge in [-0.25, -0.2) is 0 Å². The third kappa shape index (κ3) is 2.90. The van der Waals surface area contributed by atoms with Crippen molar-refractivity contribution in [3.05, 3.63) is 73.4 Å². The summed E-state index contributed by atoms with van der Waals surface area (Å²) in [6.45, 7) is 0.179. The van der Waals surface area contributed by atoms with Crippen molar-refractivity contribution in [1.82, 2.24) is 9.55 Å². The van der Waals surface area contributed by atoms with Crippen LogP contribution in [-0.4, -0.2) is 9.55 Å². The van der Waals surface area contributed by atoms with Crippen molar-refractivity contribution in [2.45, 2.75) is 6.54 Å². The Morgan fingerprint density at radius 1 is 1.25 bits per heavy atom. The summed E-state index contributed by atoms with van der Waals surface area (Å²) in [5.41, 5.74) is 1.21. The first-order chi connectivity index (χ1) is 11.5. The highest BCUT2D eigenvalue weighted by atomic mass is 35.5. The van der Waals surface area contributed by atoms with Crippen molar-refractivity contribution in [3.8, 4) is 6.07 Å². The number of H-pyrrole nitrogens is 1. The highest BCUT2D eigenvalue weighted by Gasteiger charge is 2.07. The number of hydrogen-bond acceptors (Lipinski definition) is 4. The quantitative estimate of drug-likeness (QED) is 0.765. The van der Waals surface area contributed by atoms with E-state index in [0.29, 0.717) is 21.8 Å². The molecule has 6 nitrogen and oxygen atoms in total. The number of aromatic amines is 1. The van der Waals surface area contributed by atoms with Crippen LogP contribution >= 0.6 is 11.6 Å². The Balaban J connectivity index is 1.93. The Bertz CT molecular complexity index is 1090. The number of pyridine rings is 2. The summed E-state index contributed by atoms with van der Waals surface area (Å²) in [7, 11) is 1.52. The zero-order valence-electron chi connectivity index (χ0n) is 12.8.